The van der Waals surface area contributed by atoms with Gasteiger partial charge in [0.05, 0.1) is 36.9 Å². The van der Waals surface area contributed by atoms with Crippen LogP contribution in [0.2, 0.25) is 0 Å². The van der Waals surface area contributed by atoms with E-state index < -0.39 is 53.8 Å². The summed E-state index contributed by atoms with van der Waals surface area (Å²) in [4.78, 5) is 42.1. The van der Waals surface area contributed by atoms with Gasteiger partial charge in [-0.05, 0) is 24.6 Å². The summed E-state index contributed by atoms with van der Waals surface area (Å²) in [6.45, 7) is 1.60. The first-order chi connectivity index (χ1) is 14.1. The number of nitro groups is 4. The van der Waals surface area contributed by atoms with Crippen LogP contribution in [-0.4, -0.2) is 29.9 Å². The molecule has 152 valence electrons. The lowest BCUT2D eigenvalue weighted by atomic mass is 10.0. The van der Waals surface area contributed by atoms with E-state index in [1.165, 1.54) is 18.2 Å². The predicted molar refractivity (Wildman–Crippen MR) is 101 cm³/mol. The molecular weight excluding hydrogens is 404 g/mol. The van der Waals surface area contributed by atoms with Crippen LogP contribution in [0.3, 0.4) is 0 Å². The van der Waals surface area contributed by atoms with Gasteiger partial charge in [-0.25, -0.2) is 0 Å². The highest BCUT2D eigenvalue weighted by Gasteiger charge is 2.34. The minimum absolute atomic E-state index is 0.163. The molecule has 1 aromatic heterocycles. The smallest absolute Gasteiger partial charge is 0.270 e. The zero-order valence-electron chi connectivity index (χ0n) is 15.0. The zero-order chi connectivity index (χ0) is 22.2. The quantitative estimate of drug-likeness (QED) is 0.461. The molecule has 0 fully saturated rings. The number of non-ortho nitro benzene ring substituents is 1. The molecule has 3 aromatic rings. The highest BCUT2D eigenvalue weighted by molar-refractivity contribution is 5.88. The molecule has 30 heavy (non-hydrogen) atoms. The number of aromatic nitrogens is 2. The average molecular weight is 414 g/mol. The van der Waals surface area contributed by atoms with E-state index in [0.717, 1.165) is 12.1 Å². The highest BCUT2D eigenvalue weighted by atomic mass is 16.6. The number of aryl methyl sites for hydroxylation is 1. The molecule has 14 heteroatoms. The Bertz CT molecular complexity index is 1230. The van der Waals surface area contributed by atoms with Gasteiger partial charge in [-0.2, -0.15) is 5.10 Å². The van der Waals surface area contributed by atoms with Gasteiger partial charge in [0.1, 0.15) is 0 Å². The number of nitrogens with zero attached hydrogens (tertiary/aromatic N) is 5. The van der Waals surface area contributed by atoms with Gasteiger partial charge in [0, 0.05) is 12.1 Å². The van der Waals surface area contributed by atoms with E-state index in [0.29, 0.717) is 11.6 Å². The Balaban J connectivity index is 2.31. The van der Waals surface area contributed by atoms with Crippen LogP contribution in [0, 0.1) is 47.4 Å². The van der Waals surface area contributed by atoms with Crippen LogP contribution in [0.4, 0.5) is 22.7 Å². The molecule has 0 spiro atoms. The van der Waals surface area contributed by atoms with Crippen LogP contribution in [0.15, 0.2) is 36.4 Å². The summed E-state index contributed by atoms with van der Waals surface area (Å²) < 4.78 is 0. The standard InChI is InChI=1S/C16H10N6O8/c1-8-2-4-10(12(6-8)20(25)26)14-16(22(29)30)15(18-17-14)11-5-3-9(19(23)24)7-13(11)21(27)28/h2-7H,1H3,(H,17,18). The van der Waals surface area contributed by atoms with Gasteiger partial charge >= 0.3 is 5.69 Å². The maximum absolute atomic E-state index is 11.8. The summed E-state index contributed by atoms with van der Waals surface area (Å²) in [6.07, 6.45) is 0. The Hall–Kier alpha value is -4.75. The van der Waals surface area contributed by atoms with E-state index in [2.05, 4.69) is 10.2 Å². The minimum Gasteiger partial charge on any atom is -0.270 e. The number of benzene rings is 2. The van der Waals surface area contributed by atoms with Crippen molar-refractivity contribution < 1.29 is 19.7 Å². The van der Waals surface area contributed by atoms with E-state index in [1.807, 2.05) is 0 Å². The lowest BCUT2D eigenvalue weighted by Crippen LogP contribution is -1.98. The Kier molecular flexibility index (Phi) is 4.89. The summed E-state index contributed by atoms with van der Waals surface area (Å²) in [5.41, 5.74) is -3.28. The Morgan fingerprint density at radius 1 is 0.767 bits per heavy atom. The van der Waals surface area contributed by atoms with Gasteiger partial charge in [0.15, 0.2) is 11.4 Å². The van der Waals surface area contributed by atoms with Crippen molar-refractivity contribution in [2.24, 2.45) is 0 Å². The van der Waals surface area contributed by atoms with Crippen molar-refractivity contribution in [2.75, 3.05) is 0 Å². The number of nitro benzene ring substituents is 3. The van der Waals surface area contributed by atoms with Gasteiger partial charge in [0.2, 0.25) is 0 Å². The molecule has 0 radical (unpaired) electrons. The molecule has 0 aliphatic carbocycles. The fourth-order valence-corrected chi connectivity index (χ4v) is 2.88. The topological polar surface area (TPSA) is 201 Å². The number of hydrogen-bond donors (Lipinski definition) is 1. The number of rotatable bonds is 6. The summed E-state index contributed by atoms with van der Waals surface area (Å²) in [7, 11) is 0. The van der Waals surface area contributed by atoms with Gasteiger partial charge in [-0.15, -0.1) is 0 Å². The highest BCUT2D eigenvalue weighted by Crippen LogP contribution is 2.43. The van der Waals surface area contributed by atoms with E-state index >= 15 is 0 Å². The second-order valence-electron chi connectivity index (χ2n) is 6.05. The molecular formula is C16H10N6O8. The lowest BCUT2D eigenvalue weighted by molar-refractivity contribution is -0.394. The van der Waals surface area contributed by atoms with Crippen LogP contribution < -0.4 is 0 Å². The molecule has 0 bridgehead atoms. The summed E-state index contributed by atoms with van der Waals surface area (Å²) in [5.74, 6) is 0. The van der Waals surface area contributed by atoms with Crippen LogP contribution >= 0.6 is 0 Å². The first kappa shape index (κ1) is 20.0. The van der Waals surface area contributed by atoms with Gasteiger partial charge in [0.25, 0.3) is 17.1 Å². The second-order valence-corrected chi connectivity index (χ2v) is 6.05. The molecule has 0 unspecified atom stereocenters. The molecule has 2 aromatic carbocycles. The Morgan fingerprint density at radius 3 is 1.93 bits per heavy atom. The third kappa shape index (κ3) is 3.39. The van der Waals surface area contributed by atoms with E-state index in [1.54, 1.807) is 6.92 Å². The Labute approximate surface area is 165 Å². The maximum Gasteiger partial charge on any atom is 0.323 e. The van der Waals surface area contributed by atoms with Gasteiger partial charge in [-0.3, -0.25) is 45.6 Å². The molecule has 0 saturated heterocycles. The SMILES string of the molecule is Cc1ccc(-c2n[nH]c(-c3ccc([N+](=O)[O-])cc3[N+](=O)[O-])c2[N+](=O)[O-])c([N+](=O)[O-])c1. The molecule has 0 atom stereocenters. The van der Waals surface area contributed by atoms with Crippen LogP contribution in [0.5, 0.6) is 0 Å². The molecule has 0 saturated carbocycles. The van der Waals surface area contributed by atoms with Crippen LogP contribution in [0.1, 0.15) is 5.56 Å². The zero-order valence-corrected chi connectivity index (χ0v) is 15.0. The molecule has 14 nitrogen and oxygen atoms in total. The number of aromatic amines is 1. The molecule has 1 heterocycles. The van der Waals surface area contributed by atoms with E-state index in [9.17, 15) is 40.5 Å². The minimum atomic E-state index is -0.930. The van der Waals surface area contributed by atoms with Gasteiger partial charge < -0.3 is 0 Å². The third-order valence-corrected chi connectivity index (χ3v) is 4.19. The van der Waals surface area contributed by atoms with E-state index in [-0.39, 0.29) is 11.1 Å². The lowest BCUT2D eigenvalue weighted by Gasteiger charge is -2.03. The number of nitrogens with one attached hydrogen (secondary N) is 1. The monoisotopic (exact) mass is 414 g/mol. The van der Waals surface area contributed by atoms with Crippen LogP contribution in [-0.2, 0) is 0 Å². The van der Waals surface area contributed by atoms with Crippen molar-refractivity contribution in [2.45, 2.75) is 6.92 Å². The number of H-pyrrole nitrogens is 1. The fraction of sp³-hybridized carbons (Fsp3) is 0.0625. The largest absolute Gasteiger partial charge is 0.323 e. The average Bonchev–Trinajstić information content (AvgIpc) is 3.12. The van der Waals surface area contributed by atoms with Crippen molar-refractivity contribution in [3.63, 3.8) is 0 Å². The first-order valence-electron chi connectivity index (χ1n) is 8.03. The molecule has 0 aliphatic heterocycles. The molecule has 3 rings (SSSR count). The molecule has 0 amide bonds. The molecule has 0 aliphatic rings. The van der Waals surface area contributed by atoms with Crippen LogP contribution in [0.25, 0.3) is 22.5 Å². The number of hydrogen-bond acceptors (Lipinski definition) is 9. The third-order valence-electron chi connectivity index (χ3n) is 4.19. The summed E-state index contributed by atoms with van der Waals surface area (Å²) in [6, 6.07) is 6.57. The first-order valence-corrected chi connectivity index (χ1v) is 8.03. The van der Waals surface area contributed by atoms with Crippen molar-refractivity contribution >= 4 is 22.7 Å². The predicted octanol–water partition coefficient (Wildman–Crippen LogP) is 3.68. The maximum atomic E-state index is 11.8. The van der Waals surface area contributed by atoms with Crippen molar-refractivity contribution in [3.8, 4) is 22.5 Å². The summed E-state index contributed by atoms with van der Waals surface area (Å²) in [5, 5.41) is 51.5. The van der Waals surface area contributed by atoms with Gasteiger partial charge in [-0.1, -0.05) is 6.07 Å². The Morgan fingerprint density at radius 2 is 1.37 bits per heavy atom. The van der Waals surface area contributed by atoms with Crippen molar-refractivity contribution in [1.82, 2.24) is 10.2 Å². The van der Waals surface area contributed by atoms with Crippen molar-refractivity contribution in [1.29, 1.82) is 0 Å². The second kappa shape index (κ2) is 7.34. The molecule has 1 N–H and O–H groups in total. The van der Waals surface area contributed by atoms with E-state index in [4.69, 9.17) is 0 Å². The fourth-order valence-electron chi connectivity index (χ4n) is 2.88. The normalized spacial score (nSPS) is 10.6. The van der Waals surface area contributed by atoms with Crippen molar-refractivity contribution in [3.05, 3.63) is 82.4 Å². The summed E-state index contributed by atoms with van der Waals surface area (Å²) >= 11 is 0.